The van der Waals surface area contributed by atoms with Crippen LogP contribution in [0.2, 0.25) is 0 Å². The monoisotopic (exact) mass is 341 g/mol. The number of fused-ring (bicyclic) bond motifs is 3. The number of benzene rings is 1. The van der Waals surface area contributed by atoms with Gasteiger partial charge in [-0.05, 0) is 54.3 Å². The van der Waals surface area contributed by atoms with Crippen molar-refractivity contribution >= 4 is 11.7 Å². The molecule has 2 N–H and O–H groups in total. The van der Waals surface area contributed by atoms with Gasteiger partial charge in [0.25, 0.3) is 0 Å². The molecule has 2 amide bonds. The van der Waals surface area contributed by atoms with E-state index in [9.17, 15) is 4.79 Å². The molecule has 1 aromatic rings. The lowest BCUT2D eigenvalue weighted by Gasteiger charge is -2.49. The molecule has 1 unspecified atom stereocenters. The van der Waals surface area contributed by atoms with Crippen LogP contribution < -0.4 is 10.6 Å². The Bertz CT molecular complexity index is 617. The normalized spacial score (nSPS) is 28.4. The van der Waals surface area contributed by atoms with Crippen molar-refractivity contribution in [1.29, 1.82) is 0 Å². The Kier molecular flexibility index (Phi) is 5.19. The van der Waals surface area contributed by atoms with E-state index in [0.29, 0.717) is 18.5 Å². The SMILES string of the molecule is C=C[C@H]1CN2CC[C@H]1C[C@@H]2CNC(=O)Nc1ccc(C(C)(C)C)cc1. The van der Waals surface area contributed by atoms with Crippen LogP contribution >= 0.6 is 0 Å². The predicted octanol–water partition coefficient (Wildman–Crippen LogP) is 4.00. The highest BCUT2D eigenvalue weighted by molar-refractivity contribution is 5.89. The minimum atomic E-state index is -0.119. The molecule has 3 saturated heterocycles. The van der Waals surface area contributed by atoms with E-state index in [0.717, 1.165) is 31.1 Å². The summed E-state index contributed by atoms with van der Waals surface area (Å²) in [6.45, 7) is 13.5. The summed E-state index contributed by atoms with van der Waals surface area (Å²) in [5, 5.41) is 5.99. The van der Waals surface area contributed by atoms with E-state index in [-0.39, 0.29) is 11.4 Å². The topological polar surface area (TPSA) is 44.4 Å². The number of hydrogen-bond donors (Lipinski definition) is 2. The number of rotatable bonds is 4. The summed E-state index contributed by atoms with van der Waals surface area (Å²) in [7, 11) is 0. The second-order valence-corrected chi connectivity index (χ2v) is 8.50. The van der Waals surface area contributed by atoms with Crippen molar-refractivity contribution in [2.45, 2.75) is 45.1 Å². The van der Waals surface area contributed by atoms with Gasteiger partial charge in [-0.15, -0.1) is 6.58 Å². The van der Waals surface area contributed by atoms with Crippen molar-refractivity contribution in [1.82, 2.24) is 10.2 Å². The number of nitrogens with zero attached hydrogens (tertiary/aromatic N) is 1. The molecule has 4 heteroatoms. The van der Waals surface area contributed by atoms with Gasteiger partial charge in [-0.3, -0.25) is 4.90 Å². The molecule has 4 atom stereocenters. The van der Waals surface area contributed by atoms with Gasteiger partial charge >= 0.3 is 6.03 Å². The molecule has 3 aliphatic heterocycles. The van der Waals surface area contributed by atoms with Crippen molar-refractivity contribution in [2.24, 2.45) is 11.8 Å². The number of urea groups is 1. The molecule has 4 nitrogen and oxygen atoms in total. The second-order valence-electron chi connectivity index (χ2n) is 8.50. The van der Waals surface area contributed by atoms with Gasteiger partial charge in [-0.1, -0.05) is 39.0 Å². The maximum absolute atomic E-state index is 12.2. The zero-order valence-electron chi connectivity index (χ0n) is 15.7. The van der Waals surface area contributed by atoms with Crippen LogP contribution in [0, 0.1) is 11.8 Å². The van der Waals surface area contributed by atoms with Gasteiger partial charge in [0.05, 0.1) is 0 Å². The minimum absolute atomic E-state index is 0.119. The summed E-state index contributed by atoms with van der Waals surface area (Å²) in [6, 6.07) is 8.45. The fourth-order valence-electron chi connectivity index (χ4n) is 4.10. The molecule has 0 aromatic heterocycles. The van der Waals surface area contributed by atoms with Crippen molar-refractivity contribution in [3.8, 4) is 0 Å². The molecule has 2 bridgehead atoms. The third kappa shape index (κ3) is 4.24. The van der Waals surface area contributed by atoms with Gasteiger partial charge in [0, 0.05) is 24.8 Å². The van der Waals surface area contributed by atoms with Gasteiger partial charge in [0.2, 0.25) is 0 Å². The maximum Gasteiger partial charge on any atom is 0.319 e. The highest BCUT2D eigenvalue weighted by Crippen LogP contribution is 2.36. The Morgan fingerprint density at radius 1 is 1.32 bits per heavy atom. The lowest BCUT2D eigenvalue weighted by atomic mass is 9.75. The van der Waals surface area contributed by atoms with Crippen molar-refractivity contribution in [3.63, 3.8) is 0 Å². The van der Waals surface area contributed by atoms with E-state index in [1.54, 1.807) is 0 Å². The standard InChI is InChI=1S/C21H31N3O/c1-5-15-14-24-11-10-16(15)12-19(24)13-22-20(25)23-18-8-6-17(7-9-18)21(2,3)4/h5-9,15-16,19H,1,10-14H2,2-4H3,(H2,22,23,25)/t15-,16-,19+/m0/s1. The van der Waals surface area contributed by atoms with Crippen LogP contribution in [0.5, 0.6) is 0 Å². The number of piperidine rings is 3. The average Bonchev–Trinajstić information content (AvgIpc) is 2.60. The predicted molar refractivity (Wildman–Crippen MR) is 104 cm³/mol. The van der Waals surface area contributed by atoms with Gasteiger partial charge in [0.1, 0.15) is 0 Å². The molecule has 3 heterocycles. The van der Waals surface area contributed by atoms with Gasteiger partial charge in [0.15, 0.2) is 0 Å². The Balaban J connectivity index is 1.48. The van der Waals surface area contributed by atoms with Crippen LogP contribution in [0.15, 0.2) is 36.9 Å². The maximum atomic E-state index is 12.2. The number of carbonyl (C=O) groups excluding carboxylic acids is 1. The van der Waals surface area contributed by atoms with E-state index in [2.05, 4.69) is 61.1 Å². The smallest absolute Gasteiger partial charge is 0.319 e. The summed E-state index contributed by atoms with van der Waals surface area (Å²) in [4.78, 5) is 14.7. The van der Waals surface area contributed by atoms with Crippen LogP contribution in [0.25, 0.3) is 0 Å². The van der Waals surface area contributed by atoms with Crippen LogP contribution in [0.3, 0.4) is 0 Å². The van der Waals surface area contributed by atoms with E-state index < -0.39 is 0 Å². The molecule has 0 spiro atoms. The average molecular weight is 341 g/mol. The van der Waals surface area contributed by atoms with Gasteiger partial charge in [-0.25, -0.2) is 4.79 Å². The summed E-state index contributed by atoms with van der Waals surface area (Å²) in [6.07, 6.45) is 4.53. The first-order valence-corrected chi connectivity index (χ1v) is 9.39. The number of carbonyl (C=O) groups is 1. The highest BCUT2D eigenvalue weighted by atomic mass is 16.2. The lowest BCUT2D eigenvalue weighted by Crippen LogP contribution is -2.56. The quantitative estimate of drug-likeness (QED) is 0.813. The molecule has 0 radical (unpaired) electrons. The van der Waals surface area contributed by atoms with E-state index in [4.69, 9.17) is 0 Å². The fourth-order valence-corrected chi connectivity index (χ4v) is 4.10. The number of nitrogens with one attached hydrogen (secondary N) is 2. The number of amides is 2. The second kappa shape index (κ2) is 7.20. The fraction of sp³-hybridized carbons (Fsp3) is 0.571. The van der Waals surface area contributed by atoms with Gasteiger partial charge in [-0.2, -0.15) is 0 Å². The van der Waals surface area contributed by atoms with Crippen LogP contribution in [-0.4, -0.2) is 36.6 Å². The Morgan fingerprint density at radius 3 is 2.60 bits per heavy atom. The summed E-state index contributed by atoms with van der Waals surface area (Å²) >= 11 is 0. The number of anilines is 1. The van der Waals surface area contributed by atoms with Gasteiger partial charge < -0.3 is 10.6 Å². The molecular weight excluding hydrogens is 310 g/mol. The first-order valence-electron chi connectivity index (χ1n) is 9.39. The first kappa shape index (κ1) is 18.0. The molecule has 3 fully saturated rings. The minimum Gasteiger partial charge on any atom is -0.336 e. The lowest BCUT2D eigenvalue weighted by molar-refractivity contribution is 0.0209. The zero-order chi connectivity index (χ0) is 18.0. The van der Waals surface area contributed by atoms with Crippen LogP contribution in [0.1, 0.15) is 39.2 Å². The summed E-state index contributed by atoms with van der Waals surface area (Å²) < 4.78 is 0. The van der Waals surface area contributed by atoms with Crippen molar-refractivity contribution in [3.05, 3.63) is 42.5 Å². The number of hydrogen-bond acceptors (Lipinski definition) is 2. The van der Waals surface area contributed by atoms with E-state index in [1.807, 2.05) is 12.1 Å². The summed E-state index contributed by atoms with van der Waals surface area (Å²) in [5.74, 6) is 1.36. The Labute approximate surface area is 151 Å². The van der Waals surface area contributed by atoms with E-state index >= 15 is 0 Å². The molecule has 0 aliphatic carbocycles. The molecule has 25 heavy (non-hydrogen) atoms. The molecular formula is C21H31N3O. The third-order valence-electron chi connectivity index (χ3n) is 5.74. The molecule has 0 saturated carbocycles. The zero-order valence-corrected chi connectivity index (χ0v) is 15.7. The molecule has 136 valence electrons. The van der Waals surface area contributed by atoms with Crippen LogP contribution in [-0.2, 0) is 5.41 Å². The van der Waals surface area contributed by atoms with E-state index in [1.165, 1.54) is 12.0 Å². The summed E-state index contributed by atoms with van der Waals surface area (Å²) in [5.41, 5.74) is 2.22. The molecule has 4 rings (SSSR count). The van der Waals surface area contributed by atoms with Crippen molar-refractivity contribution in [2.75, 3.05) is 25.0 Å². The third-order valence-corrected chi connectivity index (χ3v) is 5.74. The largest absolute Gasteiger partial charge is 0.336 e. The first-order chi connectivity index (χ1) is 11.9. The van der Waals surface area contributed by atoms with Crippen molar-refractivity contribution < 1.29 is 4.79 Å². The Morgan fingerprint density at radius 2 is 2.04 bits per heavy atom. The molecule has 1 aromatic carbocycles. The van der Waals surface area contributed by atoms with Crippen LogP contribution in [0.4, 0.5) is 10.5 Å². The Hall–Kier alpha value is -1.81. The molecule has 3 aliphatic rings. The highest BCUT2D eigenvalue weighted by Gasteiger charge is 2.38.